The summed E-state index contributed by atoms with van der Waals surface area (Å²) in [5.41, 5.74) is 1.45. The molecule has 0 saturated heterocycles. The number of esters is 1. The minimum Gasteiger partial charge on any atom is -0.465 e. The molecule has 3 aromatic rings. The van der Waals surface area contributed by atoms with Crippen molar-refractivity contribution in [1.29, 1.82) is 0 Å². The SMILES string of the molecule is COC(=O)c1ccccc1N(C)C(=O)CSc1ncc(-c2ccc(F)cc2)o1. The standard InChI is InChI=1S/C20H17FN2O4S/c1-23(16-6-4-3-5-15(16)19(25)26-2)18(24)12-28-20-22-11-17(27-20)13-7-9-14(21)10-8-13/h3-11H,12H2,1-2H3. The van der Waals surface area contributed by atoms with Crippen LogP contribution in [0.4, 0.5) is 10.1 Å². The molecule has 28 heavy (non-hydrogen) atoms. The molecule has 0 spiro atoms. The second kappa shape index (κ2) is 8.71. The number of rotatable bonds is 6. The summed E-state index contributed by atoms with van der Waals surface area (Å²) >= 11 is 1.13. The van der Waals surface area contributed by atoms with Crippen LogP contribution in [0.25, 0.3) is 11.3 Å². The molecule has 6 nitrogen and oxygen atoms in total. The maximum absolute atomic E-state index is 13.0. The minimum absolute atomic E-state index is 0.0649. The van der Waals surface area contributed by atoms with E-state index in [4.69, 9.17) is 9.15 Å². The van der Waals surface area contributed by atoms with Crippen LogP contribution in [0.3, 0.4) is 0 Å². The number of thioether (sulfide) groups is 1. The molecule has 0 radical (unpaired) electrons. The number of hydrogen-bond acceptors (Lipinski definition) is 6. The number of aromatic nitrogens is 1. The smallest absolute Gasteiger partial charge is 0.339 e. The van der Waals surface area contributed by atoms with E-state index in [0.717, 1.165) is 11.8 Å². The van der Waals surface area contributed by atoms with Gasteiger partial charge in [0.05, 0.1) is 30.3 Å². The van der Waals surface area contributed by atoms with Crippen LogP contribution in [-0.4, -0.2) is 36.8 Å². The van der Waals surface area contributed by atoms with Crippen LogP contribution < -0.4 is 4.90 Å². The Morgan fingerprint density at radius 1 is 1.18 bits per heavy atom. The van der Waals surface area contributed by atoms with Gasteiger partial charge in [-0.25, -0.2) is 14.2 Å². The Hall–Kier alpha value is -3.13. The average Bonchev–Trinajstić information content (AvgIpc) is 3.20. The summed E-state index contributed by atoms with van der Waals surface area (Å²) in [6.45, 7) is 0. The van der Waals surface area contributed by atoms with Crippen molar-refractivity contribution in [1.82, 2.24) is 4.98 Å². The van der Waals surface area contributed by atoms with Crippen LogP contribution in [0.15, 0.2) is 64.4 Å². The van der Waals surface area contributed by atoms with Crippen molar-refractivity contribution in [3.8, 4) is 11.3 Å². The van der Waals surface area contributed by atoms with Gasteiger partial charge in [-0.15, -0.1) is 0 Å². The maximum Gasteiger partial charge on any atom is 0.339 e. The molecule has 0 aliphatic carbocycles. The Balaban J connectivity index is 1.66. The molecule has 0 atom stereocenters. The highest BCUT2D eigenvalue weighted by Gasteiger charge is 2.19. The summed E-state index contributed by atoms with van der Waals surface area (Å²) in [5, 5.41) is 0.322. The first-order valence-corrected chi connectivity index (χ1v) is 9.26. The van der Waals surface area contributed by atoms with Gasteiger partial charge >= 0.3 is 5.97 Å². The predicted molar refractivity (Wildman–Crippen MR) is 104 cm³/mol. The number of nitrogens with zero attached hydrogens (tertiary/aromatic N) is 2. The molecule has 144 valence electrons. The Kier molecular flexibility index (Phi) is 6.10. The Morgan fingerprint density at radius 3 is 2.61 bits per heavy atom. The van der Waals surface area contributed by atoms with E-state index in [9.17, 15) is 14.0 Å². The Morgan fingerprint density at radius 2 is 1.89 bits per heavy atom. The fraction of sp³-hybridized carbons (Fsp3) is 0.150. The molecule has 3 rings (SSSR count). The predicted octanol–water partition coefficient (Wildman–Crippen LogP) is 4.02. The number of ether oxygens (including phenoxy) is 1. The summed E-state index contributed by atoms with van der Waals surface area (Å²) < 4.78 is 23.4. The summed E-state index contributed by atoms with van der Waals surface area (Å²) in [6, 6.07) is 12.6. The molecule has 2 aromatic carbocycles. The fourth-order valence-corrected chi connectivity index (χ4v) is 3.19. The number of amides is 1. The van der Waals surface area contributed by atoms with Gasteiger partial charge in [0.1, 0.15) is 5.82 Å². The van der Waals surface area contributed by atoms with E-state index in [0.29, 0.717) is 27.8 Å². The highest BCUT2D eigenvalue weighted by Crippen LogP contribution is 2.27. The van der Waals surface area contributed by atoms with Gasteiger partial charge in [0.25, 0.3) is 5.22 Å². The molecule has 0 unspecified atom stereocenters. The lowest BCUT2D eigenvalue weighted by Gasteiger charge is -2.19. The average molecular weight is 400 g/mol. The van der Waals surface area contributed by atoms with Gasteiger partial charge in [-0.3, -0.25) is 4.79 Å². The number of hydrogen-bond donors (Lipinski definition) is 0. The van der Waals surface area contributed by atoms with Crippen molar-refractivity contribution in [2.45, 2.75) is 5.22 Å². The molecule has 0 saturated carbocycles. The highest BCUT2D eigenvalue weighted by molar-refractivity contribution is 7.99. The van der Waals surface area contributed by atoms with E-state index >= 15 is 0 Å². The molecule has 8 heteroatoms. The maximum atomic E-state index is 13.0. The van der Waals surface area contributed by atoms with Crippen molar-refractivity contribution in [3.05, 3.63) is 66.1 Å². The normalized spacial score (nSPS) is 10.5. The molecule has 0 N–H and O–H groups in total. The quantitative estimate of drug-likeness (QED) is 0.460. The minimum atomic E-state index is -0.514. The monoisotopic (exact) mass is 400 g/mol. The van der Waals surface area contributed by atoms with E-state index in [-0.39, 0.29) is 17.5 Å². The number of methoxy groups -OCH3 is 1. The topological polar surface area (TPSA) is 72.6 Å². The van der Waals surface area contributed by atoms with Crippen LogP contribution in [0, 0.1) is 5.82 Å². The van der Waals surface area contributed by atoms with Gasteiger partial charge in [0.15, 0.2) is 5.76 Å². The molecule has 1 amide bonds. The number of oxazole rings is 1. The first-order chi connectivity index (χ1) is 13.5. The van der Waals surface area contributed by atoms with Crippen molar-refractivity contribution in [2.75, 3.05) is 24.8 Å². The number of carbonyl (C=O) groups excluding carboxylic acids is 2. The lowest BCUT2D eigenvalue weighted by Crippen LogP contribution is -2.29. The molecule has 1 aromatic heterocycles. The molecule has 0 fully saturated rings. The van der Waals surface area contributed by atoms with Crippen LogP contribution in [0.1, 0.15) is 10.4 Å². The summed E-state index contributed by atoms with van der Waals surface area (Å²) in [6.07, 6.45) is 1.52. The summed E-state index contributed by atoms with van der Waals surface area (Å²) in [7, 11) is 2.88. The van der Waals surface area contributed by atoms with E-state index in [1.54, 1.807) is 43.4 Å². The van der Waals surface area contributed by atoms with Crippen LogP contribution in [0.2, 0.25) is 0 Å². The molecular weight excluding hydrogens is 383 g/mol. The largest absolute Gasteiger partial charge is 0.465 e. The third-order valence-corrected chi connectivity index (χ3v) is 4.80. The van der Waals surface area contributed by atoms with Gasteiger partial charge < -0.3 is 14.1 Å². The van der Waals surface area contributed by atoms with Crippen molar-refractivity contribution < 1.29 is 23.1 Å². The van der Waals surface area contributed by atoms with E-state index in [1.807, 2.05) is 0 Å². The van der Waals surface area contributed by atoms with E-state index in [2.05, 4.69) is 4.98 Å². The first-order valence-electron chi connectivity index (χ1n) is 8.28. The molecule has 0 aliphatic heterocycles. The third-order valence-electron chi connectivity index (χ3n) is 3.98. The zero-order valence-electron chi connectivity index (χ0n) is 15.2. The van der Waals surface area contributed by atoms with Gasteiger partial charge in [-0.2, -0.15) is 0 Å². The lowest BCUT2D eigenvalue weighted by atomic mass is 10.1. The van der Waals surface area contributed by atoms with Crippen LogP contribution in [0.5, 0.6) is 0 Å². The van der Waals surface area contributed by atoms with Crippen molar-refractivity contribution in [3.63, 3.8) is 0 Å². The zero-order chi connectivity index (χ0) is 20.1. The number of anilines is 1. The van der Waals surface area contributed by atoms with E-state index < -0.39 is 5.97 Å². The number of carbonyl (C=O) groups is 2. The van der Waals surface area contributed by atoms with E-state index in [1.165, 1.54) is 30.3 Å². The first kappa shape index (κ1) is 19.6. The van der Waals surface area contributed by atoms with Crippen molar-refractivity contribution in [2.24, 2.45) is 0 Å². The highest BCUT2D eigenvalue weighted by atomic mass is 32.2. The molecule has 0 bridgehead atoms. The van der Waals surface area contributed by atoms with Gasteiger partial charge in [0, 0.05) is 12.6 Å². The second-order valence-electron chi connectivity index (χ2n) is 5.75. The number of para-hydroxylation sites is 1. The van der Waals surface area contributed by atoms with Crippen molar-refractivity contribution >= 4 is 29.3 Å². The summed E-state index contributed by atoms with van der Waals surface area (Å²) in [5.74, 6) is -0.532. The van der Waals surface area contributed by atoms with Crippen LogP contribution in [-0.2, 0) is 9.53 Å². The number of halogens is 1. The molecular formula is C20H17FN2O4S. The zero-order valence-corrected chi connectivity index (χ0v) is 16.0. The Bertz CT molecular complexity index is 988. The second-order valence-corrected chi connectivity index (χ2v) is 6.67. The van der Waals surface area contributed by atoms with Gasteiger partial charge in [-0.1, -0.05) is 23.9 Å². The fourth-order valence-electron chi connectivity index (χ4n) is 2.48. The van der Waals surface area contributed by atoms with Crippen LogP contribution >= 0.6 is 11.8 Å². The lowest BCUT2D eigenvalue weighted by molar-refractivity contribution is -0.115. The number of benzene rings is 2. The van der Waals surface area contributed by atoms with Gasteiger partial charge in [0.2, 0.25) is 5.91 Å². The molecule has 0 aliphatic rings. The molecule has 1 heterocycles. The Labute approximate surface area is 165 Å². The third kappa shape index (κ3) is 4.40. The summed E-state index contributed by atoms with van der Waals surface area (Å²) in [4.78, 5) is 29.9. The van der Waals surface area contributed by atoms with Gasteiger partial charge in [-0.05, 0) is 36.4 Å².